The first kappa shape index (κ1) is 18.4. The molecule has 1 aromatic rings. The van der Waals surface area contributed by atoms with Gasteiger partial charge in [0, 0.05) is 23.1 Å². The van der Waals surface area contributed by atoms with Gasteiger partial charge in [-0.1, -0.05) is 29.8 Å². The fraction of sp³-hybridized carbons (Fsp3) is 0.467. The van der Waals surface area contributed by atoms with E-state index in [1.807, 2.05) is 13.8 Å². The number of halogens is 1. The average molecular weight is 372 g/mol. The smallest absolute Gasteiger partial charge is 0.409 e. The van der Waals surface area contributed by atoms with Crippen molar-refractivity contribution >= 4 is 27.9 Å². The molecule has 6 nitrogen and oxygen atoms in total. The van der Waals surface area contributed by atoms with Gasteiger partial charge in [-0.05, 0) is 30.5 Å². The van der Waals surface area contributed by atoms with E-state index in [-0.39, 0.29) is 11.8 Å². The Hall–Kier alpha value is -1.60. The maximum absolute atomic E-state index is 12.4. The van der Waals surface area contributed by atoms with E-state index in [1.165, 1.54) is 0 Å². The van der Waals surface area contributed by atoms with Gasteiger partial charge in [-0.3, -0.25) is 4.79 Å². The standard InChI is InChI=1S/C15H22BrN3O3/c1-9(2)7-12(14(20)19-6-5-17)11-8-10(16)3-4-13(11)22-15(18)21/h3-4,8-9,12H,5-7,17H2,1-2H3,(H2,18,21)(H,19,20)/t12-/m0/s1. The number of benzene rings is 1. The summed E-state index contributed by atoms with van der Waals surface area (Å²) < 4.78 is 5.82. The van der Waals surface area contributed by atoms with Crippen LogP contribution in [0.3, 0.4) is 0 Å². The number of carbonyl (C=O) groups excluding carboxylic acids is 2. The van der Waals surface area contributed by atoms with Crippen LogP contribution in [0.5, 0.6) is 5.75 Å². The molecule has 0 fully saturated rings. The van der Waals surface area contributed by atoms with Gasteiger partial charge in [-0.2, -0.15) is 0 Å². The molecule has 0 saturated carbocycles. The van der Waals surface area contributed by atoms with Crippen LogP contribution in [-0.4, -0.2) is 25.1 Å². The summed E-state index contributed by atoms with van der Waals surface area (Å²) in [7, 11) is 0. The molecule has 22 heavy (non-hydrogen) atoms. The van der Waals surface area contributed by atoms with E-state index in [1.54, 1.807) is 18.2 Å². The van der Waals surface area contributed by atoms with Crippen molar-refractivity contribution in [2.75, 3.05) is 13.1 Å². The van der Waals surface area contributed by atoms with Gasteiger partial charge < -0.3 is 21.5 Å². The van der Waals surface area contributed by atoms with Crippen LogP contribution in [0, 0.1) is 5.92 Å². The Bertz CT molecular complexity index is 535. The Morgan fingerprint density at radius 1 is 1.36 bits per heavy atom. The number of hydrogen-bond donors (Lipinski definition) is 3. The van der Waals surface area contributed by atoms with Crippen LogP contribution in [0.15, 0.2) is 22.7 Å². The number of ether oxygens (including phenoxy) is 1. The first-order valence-corrected chi connectivity index (χ1v) is 7.89. The van der Waals surface area contributed by atoms with E-state index in [0.29, 0.717) is 30.8 Å². The van der Waals surface area contributed by atoms with Crippen LogP contribution in [0.1, 0.15) is 31.7 Å². The Balaban J connectivity index is 3.18. The molecular formula is C15H22BrN3O3. The molecule has 1 aromatic carbocycles. The third kappa shape index (κ3) is 5.65. The zero-order chi connectivity index (χ0) is 16.7. The van der Waals surface area contributed by atoms with Crippen molar-refractivity contribution in [3.8, 4) is 5.75 Å². The van der Waals surface area contributed by atoms with Gasteiger partial charge in [0.1, 0.15) is 5.75 Å². The first-order valence-electron chi connectivity index (χ1n) is 7.09. The normalized spacial score (nSPS) is 12.0. The molecule has 0 aromatic heterocycles. The summed E-state index contributed by atoms with van der Waals surface area (Å²) >= 11 is 3.38. The first-order chi connectivity index (χ1) is 10.3. The molecule has 1 atom stereocenters. The molecule has 0 spiro atoms. The van der Waals surface area contributed by atoms with E-state index in [2.05, 4.69) is 21.2 Å². The predicted octanol–water partition coefficient (Wildman–Crippen LogP) is 2.11. The van der Waals surface area contributed by atoms with Crippen molar-refractivity contribution in [1.29, 1.82) is 0 Å². The lowest BCUT2D eigenvalue weighted by molar-refractivity contribution is -0.122. The molecule has 0 unspecified atom stereocenters. The molecule has 0 heterocycles. The van der Waals surface area contributed by atoms with Crippen molar-refractivity contribution < 1.29 is 14.3 Å². The number of nitrogens with one attached hydrogen (secondary N) is 1. The van der Waals surface area contributed by atoms with Gasteiger partial charge in [-0.15, -0.1) is 0 Å². The SMILES string of the molecule is CC(C)C[C@H](C(=O)NCCN)c1cc(Br)ccc1OC(N)=O. The molecule has 0 aliphatic heterocycles. The zero-order valence-electron chi connectivity index (χ0n) is 12.8. The molecule has 0 aliphatic rings. The fourth-order valence-corrected chi connectivity index (χ4v) is 2.54. The highest BCUT2D eigenvalue weighted by Crippen LogP contribution is 2.34. The van der Waals surface area contributed by atoms with E-state index < -0.39 is 12.0 Å². The third-order valence-electron chi connectivity index (χ3n) is 3.02. The van der Waals surface area contributed by atoms with Crippen LogP contribution in [0.2, 0.25) is 0 Å². The Morgan fingerprint density at radius 2 is 2.05 bits per heavy atom. The molecule has 5 N–H and O–H groups in total. The predicted molar refractivity (Wildman–Crippen MR) is 88.6 cm³/mol. The molecular weight excluding hydrogens is 350 g/mol. The lowest BCUT2D eigenvalue weighted by atomic mass is 9.89. The summed E-state index contributed by atoms with van der Waals surface area (Å²) in [5, 5.41) is 2.79. The number of nitrogens with two attached hydrogens (primary N) is 2. The average Bonchev–Trinajstić information content (AvgIpc) is 2.43. The van der Waals surface area contributed by atoms with Gasteiger partial charge in [0.25, 0.3) is 0 Å². The molecule has 0 aliphatic carbocycles. The van der Waals surface area contributed by atoms with Crippen molar-refractivity contribution in [3.05, 3.63) is 28.2 Å². The molecule has 0 saturated heterocycles. The van der Waals surface area contributed by atoms with Crippen LogP contribution in [0.4, 0.5) is 4.79 Å². The van der Waals surface area contributed by atoms with Crippen LogP contribution in [-0.2, 0) is 4.79 Å². The minimum Gasteiger partial charge on any atom is -0.410 e. The van der Waals surface area contributed by atoms with Gasteiger partial charge in [-0.25, -0.2) is 4.79 Å². The second-order valence-electron chi connectivity index (χ2n) is 5.37. The van der Waals surface area contributed by atoms with Gasteiger partial charge in [0.2, 0.25) is 5.91 Å². The van der Waals surface area contributed by atoms with Crippen molar-refractivity contribution in [2.24, 2.45) is 17.4 Å². The molecule has 1 rings (SSSR count). The van der Waals surface area contributed by atoms with Crippen molar-refractivity contribution in [2.45, 2.75) is 26.2 Å². The lowest BCUT2D eigenvalue weighted by Gasteiger charge is -2.21. The topological polar surface area (TPSA) is 107 Å². The lowest BCUT2D eigenvalue weighted by Crippen LogP contribution is -2.34. The number of carbonyl (C=O) groups is 2. The summed E-state index contributed by atoms with van der Waals surface area (Å²) in [5.41, 5.74) is 11.1. The van der Waals surface area contributed by atoms with E-state index in [4.69, 9.17) is 16.2 Å². The minimum absolute atomic E-state index is 0.147. The molecule has 0 bridgehead atoms. The minimum atomic E-state index is -0.908. The largest absolute Gasteiger partial charge is 0.410 e. The summed E-state index contributed by atoms with van der Waals surface area (Å²) in [6.07, 6.45) is -0.295. The van der Waals surface area contributed by atoms with E-state index >= 15 is 0 Å². The number of primary amides is 1. The summed E-state index contributed by atoms with van der Waals surface area (Å²) in [6.45, 7) is 4.81. The van der Waals surface area contributed by atoms with Gasteiger partial charge >= 0.3 is 6.09 Å². The molecule has 7 heteroatoms. The van der Waals surface area contributed by atoms with Crippen molar-refractivity contribution in [1.82, 2.24) is 5.32 Å². The highest BCUT2D eigenvalue weighted by atomic mass is 79.9. The monoisotopic (exact) mass is 371 g/mol. The molecule has 2 amide bonds. The number of amides is 2. The zero-order valence-corrected chi connectivity index (χ0v) is 14.4. The highest BCUT2D eigenvalue weighted by molar-refractivity contribution is 9.10. The summed E-state index contributed by atoms with van der Waals surface area (Å²) in [6, 6.07) is 5.12. The van der Waals surface area contributed by atoms with Crippen molar-refractivity contribution in [3.63, 3.8) is 0 Å². The number of rotatable bonds is 7. The maximum Gasteiger partial charge on any atom is 0.409 e. The second kappa shape index (κ2) is 8.75. The molecule has 0 radical (unpaired) electrons. The van der Waals surface area contributed by atoms with Gasteiger partial charge in [0.15, 0.2) is 0 Å². The Labute approximate surface area is 138 Å². The maximum atomic E-state index is 12.4. The van der Waals surface area contributed by atoms with Gasteiger partial charge in [0.05, 0.1) is 5.92 Å². The Morgan fingerprint density at radius 3 is 2.59 bits per heavy atom. The highest BCUT2D eigenvalue weighted by Gasteiger charge is 2.25. The summed E-state index contributed by atoms with van der Waals surface area (Å²) in [4.78, 5) is 23.5. The Kier molecular flexibility index (Phi) is 7.34. The quantitative estimate of drug-likeness (QED) is 0.681. The third-order valence-corrected chi connectivity index (χ3v) is 3.52. The number of hydrogen-bond acceptors (Lipinski definition) is 4. The molecule has 122 valence electrons. The van der Waals surface area contributed by atoms with E-state index in [0.717, 1.165) is 4.47 Å². The fourth-order valence-electron chi connectivity index (χ4n) is 2.16. The summed E-state index contributed by atoms with van der Waals surface area (Å²) in [5.74, 6) is -0.0109. The van der Waals surface area contributed by atoms with Crippen LogP contribution >= 0.6 is 15.9 Å². The van der Waals surface area contributed by atoms with Crippen LogP contribution in [0.25, 0.3) is 0 Å². The van der Waals surface area contributed by atoms with E-state index in [9.17, 15) is 9.59 Å². The van der Waals surface area contributed by atoms with Crippen LogP contribution < -0.4 is 21.5 Å². The second-order valence-corrected chi connectivity index (χ2v) is 6.28.